The van der Waals surface area contributed by atoms with Crippen LogP contribution in [0.25, 0.3) is 0 Å². The first-order valence-electron chi connectivity index (χ1n) is 7.93. The van der Waals surface area contributed by atoms with Crippen molar-refractivity contribution in [2.24, 2.45) is 5.92 Å². The van der Waals surface area contributed by atoms with E-state index in [9.17, 15) is 14.4 Å². The van der Waals surface area contributed by atoms with E-state index in [1.165, 1.54) is 0 Å². The second-order valence-electron chi connectivity index (χ2n) is 5.94. The van der Waals surface area contributed by atoms with Gasteiger partial charge in [-0.2, -0.15) is 0 Å². The third-order valence-electron chi connectivity index (χ3n) is 3.87. The molecule has 7 heteroatoms. The largest absolute Gasteiger partial charge is 0.454 e. The molecule has 1 aliphatic rings. The van der Waals surface area contributed by atoms with Gasteiger partial charge < -0.3 is 15.0 Å². The molecule has 0 radical (unpaired) electrons. The van der Waals surface area contributed by atoms with Crippen molar-refractivity contribution in [1.29, 1.82) is 0 Å². The Morgan fingerprint density at radius 2 is 2.00 bits per heavy atom. The molecule has 0 aromatic heterocycles. The molecule has 1 aromatic rings. The molecule has 1 aromatic carbocycles. The van der Waals surface area contributed by atoms with Gasteiger partial charge in [0.05, 0.1) is 0 Å². The number of halogens is 1. The molecule has 1 fully saturated rings. The fourth-order valence-corrected chi connectivity index (χ4v) is 2.68. The van der Waals surface area contributed by atoms with Crippen LogP contribution < -0.4 is 5.32 Å². The fraction of sp³-hybridized carbons (Fsp3) is 0.471. The van der Waals surface area contributed by atoms with E-state index in [4.69, 9.17) is 16.3 Å². The summed E-state index contributed by atoms with van der Waals surface area (Å²) in [7, 11) is 0. The van der Waals surface area contributed by atoms with Crippen molar-refractivity contribution in [2.75, 3.05) is 26.2 Å². The molecule has 24 heavy (non-hydrogen) atoms. The monoisotopic (exact) mass is 352 g/mol. The number of nitrogens with one attached hydrogen (secondary N) is 1. The zero-order chi connectivity index (χ0) is 17.5. The highest BCUT2D eigenvalue weighted by molar-refractivity contribution is 6.30. The lowest BCUT2D eigenvalue weighted by Gasteiger charge is -2.30. The average Bonchev–Trinajstić information content (AvgIpc) is 2.58. The predicted molar refractivity (Wildman–Crippen MR) is 89.7 cm³/mol. The average molecular weight is 353 g/mol. The number of carbonyl (C=O) groups excluding carboxylic acids is 3. The Kier molecular flexibility index (Phi) is 6.61. The van der Waals surface area contributed by atoms with Crippen LogP contribution in [-0.4, -0.2) is 48.9 Å². The van der Waals surface area contributed by atoms with E-state index in [0.717, 1.165) is 12.8 Å². The number of nitrogens with zero attached hydrogens (tertiary/aromatic N) is 1. The van der Waals surface area contributed by atoms with Crippen LogP contribution in [0.1, 0.15) is 30.1 Å². The van der Waals surface area contributed by atoms with Gasteiger partial charge in [-0.25, -0.2) is 0 Å². The second-order valence-corrected chi connectivity index (χ2v) is 6.37. The number of carbonyl (C=O) groups is 3. The molecule has 1 aliphatic heterocycles. The third kappa shape index (κ3) is 5.53. The summed E-state index contributed by atoms with van der Waals surface area (Å²) in [5.74, 6) is -0.772. The van der Waals surface area contributed by atoms with E-state index in [1.807, 2.05) is 0 Å². The molecule has 0 unspecified atom stereocenters. The highest BCUT2D eigenvalue weighted by atomic mass is 35.5. The molecule has 1 heterocycles. The molecule has 1 saturated heterocycles. The van der Waals surface area contributed by atoms with Crippen LogP contribution in [0.15, 0.2) is 24.3 Å². The highest BCUT2D eigenvalue weighted by Crippen LogP contribution is 2.15. The third-order valence-corrected chi connectivity index (χ3v) is 4.12. The molecule has 0 bridgehead atoms. The summed E-state index contributed by atoms with van der Waals surface area (Å²) >= 11 is 5.75. The van der Waals surface area contributed by atoms with Crippen molar-refractivity contribution in [3.05, 3.63) is 34.9 Å². The highest BCUT2D eigenvalue weighted by Gasteiger charge is 2.21. The first-order valence-corrected chi connectivity index (χ1v) is 8.30. The molecular formula is C17H21ClN2O4. The molecule has 130 valence electrons. The van der Waals surface area contributed by atoms with Crippen molar-refractivity contribution in [2.45, 2.75) is 19.8 Å². The zero-order valence-corrected chi connectivity index (χ0v) is 14.3. The normalized spacial score (nSPS) is 17.2. The van der Waals surface area contributed by atoms with Gasteiger partial charge in [0.1, 0.15) is 6.54 Å². The van der Waals surface area contributed by atoms with E-state index in [1.54, 1.807) is 29.2 Å². The van der Waals surface area contributed by atoms with Crippen LogP contribution in [0.4, 0.5) is 0 Å². The molecule has 2 rings (SSSR count). The molecule has 0 saturated carbocycles. The van der Waals surface area contributed by atoms with Gasteiger partial charge in [-0.1, -0.05) is 18.5 Å². The molecular weight excluding hydrogens is 332 g/mol. The van der Waals surface area contributed by atoms with Crippen LogP contribution in [0.3, 0.4) is 0 Å². The smallest absolute Gasteiger partial charge is 0.325 e. The van der Waals surface area contributed by atoms with E-state index < -0.39 is 11.9 Å². The van der Waals surface area contributed by atoms with Crippen LogP contribution in [0, 0.1) is 5.92 Å². The zero-order valence-electron chi connectivity index (χ0n) is 13.6. The summed E-state index contributed by atoms with van der Waals surface area (Å²) in [6.07, 6.45) is 2.08. The van der Waals surface area contributed by atoms with Crippen LogP contribution in [0.5, 0.6) is 0 Å². The minimum absolute atomic E-state index is 0.195. The van der Waals surface area contributed by atoms with Crippen LogP contribution >= 0.6 is 11.6 Å². The number of rotatable bonds is 5. The van der Waals surface area contributed by atoms with Crippen molar-refractivity contribution < 1.29 is 19.1 Å². The van der Waals surface area contributed by atoms with Gasteiger partial charge in [0.15, 0.2) is 6.61 Å². The topological polar surface area (TPSA) is 75.7 Å². The number of piperidine rings is 1. The Morgan fingerprint density at radius 1 is 1.29 bits per heavy atom. The number of hydrogen-bond acceptors (Lipinski definition) is 4. The number of ether oxygens (including phenoxy) is 1. The summed E-state index contributed by atoms with van der Waals surface area (Å²) in [6.45, 7) is 2.92. The Morgan fingerprint density at radius 3 is 2.67 bits per heavy atom. The Labute approximate surface area is 146 Å². The molecule has 0 aliphatic carbocycles. The van der Waals surface area contributed by atoms with Gasteiger partial charge in [0.2, 0.25) is 0 Å². The van der Waals surface area contributed by atoms with Gasteiger partial charge in [-0.15, -0.1) is 0 Å². The number of likely N-dealkylation sites (tertiary alicyclic amines) is 1. The van der Waals surface area contributed by atoms with Crippen LogP contribution in [0.2, 0.25) is 5.02 Å². The Hall–Kier alpha value is -2.08. The maximum Gasteiger partial charge on any atom is 0.325 e. The van der Waals surface area contributed by atoms with Gasteiger partial charge in [0, 0.05) is 23.7 Å². The standard InChI is InChI=1S/C17H21ClN2O4/c1-12-3-2-8-20(10-12)15(21)11-24-16(22)9-19-17(23)13-4-6-14(18)7-5-13/h4-7,12H,2-3,8-11H2,1H3,(H,19,23)/t12-/m0/s1. The number of benzene rings is 1. The first kappa shape index (κ1) is 18.3. The number of esters is 1. The molecule has 1 N–H and O–H groups in total. The lowest BCUT2D eigenvalue weighted by atomic mass is 10.0. The minimum atomic E-state index is -0.643. The lowest BCUT2D eigenvalue weighted by Crippen LogP contribution is -2.42. The SMILES string of the molecule is C[C@H]1CCCN(C(=O)COC(=O)CNC(=O)c2ccc(Cl)cc2)C1. The van der Waals surface area contributed by atoms with E-state index in [0.29, 0.717) is 29.6 Å². The summed E-state index contributed by atoms with van der Waals surface area (Å²) < 4.78 is 4.93. The molecule has 1 atom stereocenters. The predicted octanol–water partition coefficient (Wildman–Crippen LogP) is 1.87. The summed E-state index contributed by atoms with van der Waals surface area (Å²) in [6, 6.07) is 6.30. The van der Waals surface area contributed by atoms with E-state index >= 15 is 0 Å². The number of hydrogen-bond donors (Lipinski definition) is 1. The van der Waals surface area contributed by atoms with E-state index in [-0.39, 0.29) is 19.1 Å². The van der Waals surface area contributed by atoms with Crippen molar-refractivity contribution >= 4 is 29.4 Å². The fourth-order valence-electron chi connectivity index (χ4n) is 2.56. The Bertz CT molecular complexity index is 603. The number of amides is 2. The molecule has 0 spiro atoms. The Balaban J connectivity index is 1.70. The van der Waals surface area contributed by atoms with Crippen LogP contribution in [-0.2, 0) is 14.3 Å². The lowest BCUT2D eigenvalue weighted by molar-refractivity contribution is -0.151. The van der Waals surface area contributed by atoms with Gasteiger partial charge in [-0.3, -0.25) is 14.4 Å². The van der Waals surface area contributed by atoms with Gasteiger partial charge in [-0.05, 0) is 43.0 Å². The quantitative estimate of drug-likeness (QED) is 0.821. The minimum Gasteiger partial charge on any atom is -0.454 e. The van der Waals surface area contributed by atoms with E-state index in [2.05, 4.69) is 12.2 Å². The van der Waals surface area contributed by atoms with Gasteiger partial charge in [0.25, 0.3) is 11.8 Å². The van der Waals surface area contributed by atoms with Crippen molar-refractivity contribution in [3.63, 3.8) is 0 Å². The van der Waals surface area contributed by atoms with Crippen molar-refractivity contribution in [1.82, 2.24) is 10.2 Å². The first-order chi connectivity index (χ1) is 11.5. The molecule has 2 amide bonds. The molecule has 6 nitrogen and oxygen atoms in total. The second kappa shape index (κ2) is 8.68. The summed E-state index contributed by atoms with van der Waals surface area (Å²) in [4.78, 5) is 37.2. The van der Waals surface area contributed by atoms with Gasteiger partial charge >= 0.3 is 5.97 Å². The summed E-state index contributed by atoms with van der Waals surface area (Å²) in [5.41, 5.74) is 0.394. The summed E-state index contributed by atoms with van der Waals surface area (Å²) in [5, 5.41) is 2.97. The maximum absolute atomic E-state index is 12.0. The maximum atomic E-state index is 12.0. The van der Waals surface area contributed by atoms with Crippen molar-refractivity contribution in [3.8, 4) is 0 Å².